The van der Waals surface area contributed by atoms with Crippen LogP contribution in [0.5, 0.6) is 0 Å². The van der Waals surface area contributed by atoms with Crippen LogP contribution in [0.4, 0.5) is 10.1 Å². The third-order valence-electron chi connectivity index (χ3n) is 1.56. The number of hydrogen-bond donors (Lipinski definition) is 1. The van der Waals surface area contributed by atoms with Gasteiger partial charge in [0.1, 0.15) is 0 Å². The topological polar surface area (TPSA) is 82.0 Å². The van der Waals surface area contributed by atoms with Crippen LogP contribution < -0.4 is 5.73 Å². The minimum atomic E-state index is -1.61. The van der Waals surface area contributed by atoms with E-state index in [9.17, 15) is 14.5 Å². The van der Waals surface area contributed by atoms with Gasteiger partial charge in [0.15, 0.2) is 11.9 Å². The normalized spacial score (nSPS) is 12.5. The molecule has 1 heterocycles. The van der Waals surface area contributed by atoms with E-state index in [-0.39, 0.29) is 17.9 Å². The Kier molecular flexibility index (Phi) is 3.48. The number of nitro groups is 1. The zero-order chi connectivity index (χ0) is 10.7. The van der Waals surface area contributed by atoms with Gasteiger partial charge in [-0.25, -0.2) is 9.37 Å². The van der Waals surface area contributed by atoms with Gasteiger partial charge in [0, 0.05) is 23.3 Å². The van der Waals surface area contributed by atoms with E-state index in [0.29, 0.717) is 4.47 Å². The van der Waals surface area contributed by atoms with Gasteiger partial charge >= 0.3 is 0 Å². The highest BCUT2D eigenvalue weighted by Crippen LogP contribution is 2.27. The summed E-state index contributed by atoms with van der Waals surface area (Å²) in [5, 5.41) is 10.5. The second-order valence-corrected chi connectivity index (χ2v) is 3.43. The average molecular weight is 264 g/mol. The molecule has 5 nitrogen and oxygen atoms in total. The molecule has 1 aromatic heterocycles. The lowest BCUT2D eigenvalue weighted by Crippen LogP contribution is -2.11. The van der Waals surface area contributed by atoms with Crippen LogP contribution in [0.15, 0.2) is 16.7 Å². The number of hydrogen-bond acceptors (Lipinski definition) is 4. The molecular formula is C7H7BrFN3O2. The number of nitrogens with zero attached hydrogens (tertiary/aromatic N) is 2. The van der Waals surface area contributed by atoms with Crippen molar-refractivity contribution < 1.29 is 9.31 Å². The van der Waals surface area contributed by atoms with E-state index >= 15 is 0 Å². The first-order valence-corrected chi connectivity index (χ1v) is 4.49. The Morgan fingerprint density at radius 2 is 2.43 bits per heavy atom. The maximum absolute atomic E-state index is 13.1. The van der Waals surface area contributed by atoms with Crippen LogP contribution in [0.3, 0.4) is 0 Å². The molecular weight excluding hydrogens is 257 g/mol. The summed E-state index contributed by atoms with van der Waals surface area (Å²) in [6.45, 7) is -0.324. The summed E-state index contributed by atoms with van der Waals surface area (Å²) in [4.78, 5) is 13.5. The van der Waals surface area contributed by atoms with Gasteiger partial charge in [0.05, 0.1) is 4.92 Å². The molecule has 0 radical (unpaired) electrons. The van der Waals surface area contributed by atoms with Crippen molar-refractivity contribution >= 4 is 21.6 Å². The molecule has 0 fully saturated rings. The van der Waals surface area contributed by atoms with E-state index < -0.39 is 11.1 Å². The van der Waals surface area contributed by atoms with Gasteiger partial charge < -0.3 is 5.73 Å². The highest BCUT2D eigenvalue weighted by molar-refractivity contribution is 9.10. The van der Waals surface area contributed by atoms with Gasteiger partial charge in [0.2, 0.25) is 0 Å². The summed E-state index contributed by atoms with van der Waals surface area (Å²) in [6, 6.07) is 1.20. The average Bonchev–Trinajstić information content (AvgIpc) is 2.16. The minimum absolute atomic E-state index is 0.235. The largest absolute Gasteiger partial charge is 0.327 e. The van der Waals surface area contributed by atoms with E-state index in [4.69, 9.17) is 5.73 Å². The molecule has 0 aliphatic rings. The molecule has 0 amide bonds. The van der Waals surface area contributed by atoms with Gasteiger partial charge in [-0.3, -0.25) is 10.1 Å². The number of rotatable bonds is 3. The smallest absolute Gasteiger partial charge is 0.294 e. The molecule has 1 atom stereocenters. The number of aromatic nitrogens is 1. The molecule has 1 aromatic rings. The fourth-order valence-electron chi connectivity index (χ4n) is 0.938. The van der Waals surface area contributed by atoms with Crippen molar-refractivity contribution in [3.63, 3.8) is 0 Å². The van der Waals surface area contributed by atoms with Crippen molar-refractivity contribution in [2.45, 2.75) is 6.17 Å². The van der Waals surface area contributed by atoms with Gasteiger partial charge in [-0.2, -0.15) is 0 Å². The van der Waals surface area contributed by atoms with Crippen molar-refractivity contribution in [2.75, 3.05) is 6.54 Å². The third-order valence-corrected chi connectivity index (χ3v) is 2.00. The molecule has 1 unspecified atom stereocenters. The predicted molar refractivity (Wildman–Crippen MR) is 51.5 cm³/mol. The van der Waals surface area contributed by atoms with Crippen LogP contribution in [0, 0.1) is 10.1 Å². The maximum atomic E-state index is 13.1. The van der Waals surface area contributed by atoms with Crippen LogP contribution in [0.25, 0.3) is 0 Å². The van der Waals surface area contributed by atoms with Gasteiger partial charge in [0.25, 0.3) is 5.69 Å². The molecule has 76 valence electrons. The van der Waals surface area contributed by atoms with Crippen LogP contribution in [-0.2, 0) is 0 Å². The molecule has 0 aliphatic heterocycles. The Labute approximate surface area is 87.4 Å². The van der Waals surface area contributed by atoms with Crippen molar-refractivity contribution in [1.82, 2.24) is 4.98 Å². The molecule has 0 spiro atoms. The fourth-order valence-corrected chi connectivity index (χ4v) is 1.26. The maximum Gasteiger partial charge on any atom is 0.294 e. The van der Waals surface area contributed by atoms with E-state index in [0.717, 1.165) is 0 Å². The Morgan fingerprint density at radius 3 is 2.93 bits per heavy atom. The summed E-state index contributed by atoms with van der Waals surface area (Å²) >= 11 is 3.01. The van der Waals surface area contributed by atoms with Crippen LogP contribution >= 0.6 is 15.9 Å². The second kappa shape index (κ2) is 4.43. The van der Waals surface area contributed by atoms with Crippen molar-refractivity contribution in [3.05, 3.63) is 32.5 Å². The molecule has 0 saturated heterocycles. The Balaban J connectivity index is 3.21. The summed E-state index contributed by atoms with van der Waals surface area (Å²) in [5.74, 6) is 0. The van der Waals surface area contributed by atoms with Crippen molar-refractivity contribution in [3.8, 4) is 0 Å². The van der Waals surface area contributed by atoms with Gasteiger partial charge in [-0.05, 0) is 15.9 Å². The fraction of sp³-hybridized carbons (Fsp3) is 0.286. The molecule has 0 bridgehead atoms. The molecule has 0 saturated carbocycles. The summed E-state index contributed by atoms with van der Waals surface area (Å²) in [6.07, 6.45) is -0.312. The lowest BCUT2D eigenvalue weighted by atomic mass is 10.2. The molecule has 0 aliphatic carbocycles. The number of nitrogens with two attached hydrogens (primary N) is 1. The molecule has 1 rings (SSSR count). The lowest BCUT2D eigenvalue weighted by molar-refractivity contribution is -0.386. The van der Waals surface area contributed by atoms with Crippen LogP contribution in [0.1, 0.15) is 11.9 Å². The third kappa shape index (κ3) is 2.24. The number of halogens is 2. The van der Waals surface area contributed by atoms with Gasteiger partial charge in [-0.1, -0.05) is 0 Å². The van der Waals surface area contributed by atoms with E-state index in [2.05, 4.69) is 20.9 Å². The molecule has 7 heteroatoms. The zero-order valence-electron chi connectivity index (χ0n) is 6.98. The highest BCUT2D eigenvalue weighted by Gasteiger charge is 2.22. The second-order valence-electron chi connectivity index (χ2n) is 2.52. The summed E-state index contributed by atoms with van der Waals surface area (Å²) in [5.41, 5.74) is 4.46. The van der Waals surface area contributed by atoms with Crippen LogP contribution in [-0.4, -0.2) is 16.5 Å². The highest BCUT2D eigenvalue weighted by atomic mass is 79.9. The van der Waals surface area contributed by atoms with Crippen molar-refractivity contribution in [2.24, 2.45) is 5.73 Å². The van der Waals surface area contributed by atoms with Crippen LogP contribution in [0.2, 0.25) is 0 Å². The molecule has 14 heavy (non-hydrogen) atoms. The first-order chi connectivity index (χ1) is 6.56. The molecule has 2 N–H and O–H groups in total. The van der Waals surface area contributed by atoms with Gasteiger partial charge in [-0.15, -0.1) is 0 Å². The Bertz CT molecular complexity index is 361. The molecule has 0 aromatic carbocycles. The van der Waals surface area contributed by atoms with Crippen molar-refractivity contribution in [1.29, 1.82) is 0 Å². The Hall–Kier alpha value is -1.08. The van der Waals surface area contributed by atoms with E-state index in [1.54, 1.807) is 0 Å². The lowest BCUT2D eigenvalue weighted by Gasteiger charge is -2.04. The SMILES string of the molecule is NCC(F)c1ncc(Br)cc1[N+](=O)[O-]. The zero-order valence-corrected chi connectivity index (χ0v) is 8.57. The minimum Gasteiger partial charge on any atom is -0.327 e. The number of alkyl halides is 1. The summed E-state index contributed by atoms with van der Waals surface area (Å²) < 4.78 is 13.5. The number of pyridine rings is 1. The summed E-state index contributed by atoms with van der Waals surface area (Å²) in [7, 11) is 0. The first-order valence-electron chi connectivity index (χ1n) is 3.70. The Morgan fingerprint density at radius 1 is 1.79 bits per heavy atom. The first kappa shape index (κ1) is 11.0. The van der Waals surface area contributed by atoms with E-state index in [1.807, 2.05) is 0 Å². The predicted octanol–water partition coefficient (Wildman–Crippen LogP) is 1.72. The monoisotopic (exact) mass is 263 g/mol. The standard InChI is InChI=1S/C7H7BrFN3O2/c8-4-1-6(12(13)14)7(11-3-4)5(9)2-10/h1,3,5H,2,10H2. The van der Waals surface area contributed by atoms with E-state index in [1.165, 1.54) is 12.3 Å². The quantitative estimate of drug-likeness (QED) is 0.665.